The number of pyridine rings is 1. The van der Waals surface area contributed by atoms with E-state index in [1.54, 1.807) is 9.80 Å². The Morgan fingerprint density at radius 3 is 2.36 bits per heavy atom. The van der Waals surface area contributed by atoms with Crippen molar-refractivity contribution >= 4 is 79.6 Å². The molecule has 0 saturated carbocycles. The molecule has 2 atom stereocenters. The number of nitrogens with zero attached hydrogens (tertiary/aromatic N) is 7. The van der Waals surface area contributed by atoms with Crippen molar-refractivity contribution in [1.29, 1.82) is 0 Å². The minimum Gasteiger partial charge on any atom is -0.493 e. The molecule has 0 bridgehead atoms. The number of amides is 6. The first-order chi connectivity index (χ1) is 38.5. The van der Waals surface area contributed by atoms with Crippen molar-refractivity contribution in [2.24, 2.45) is 5.92 Å². The zero-order chi connectivity index (χ0) is 56.0. The number of hydrogen-bond acceptors (Lipinski definition) is 15. The number of para-hydroxylation sites is 1. The predicted molar refractivity (Wildman–Crippen MR) is 299 cm³/mol. The first-order valence-electron chi connectivity index (χ1n) is 27.3. The third-order valence-electron chi connectivity index (χ3n) is 15.6. The fraction of sp³-hybridized carbons (Fsp3) is 0.383. The number of carbonyl (C=O) groups is 7. The van der Waals surface area contributed by atoms with Crippen LogP contribution < -0.4 is 25.2 Å². The number of piperidine rings is 1. The van der Waals surface area contributed by atoms with Gasteiger partial charge in [-0.3, -0.25) is 49.2 Å². The lowest BCUT2D eigenvalue weighted by molar-refractivity contribution is -0.136. The molecule has 18 nitrogen and oxygen atoms in total. The average molecular weight is 1100 g/mol. The maximum Gasteiger partial charge on any atom is 0.358 e. The molecule has 414 valence electrons. The maximum absolute atomic E-state index is 15.6. The number of piperazine rings is 1. The third-order valence-corrected chi connectivity index (χ3v) is 16.6. The van der Waals surface area contributed by atoms with Gasteiger partial charge in [0.2, 0.25) is 17.7 Å². The molecule has 3 saturated heterocycles. The van der Waals surface area contributed by atoms with Gasteiger partial charge >= 0.3 is 5.97 Å². The lowest BCUT2D eigenvalue weighted by Crippen LogP contribution is -2.54. The van der Waals surface area contributed by atoms with E-state index in [9.17, 15) is 33.6 Å². The standard InChI is InChI=1S/C60H62FN9O9S/c1-35-38(39-17-19-50(63-53(39)58(77)79-60(2,3)4)69-24-22-37-11-7-13-40(43(37)33-69)54(73)65-59-62-45-14-5-6-16-49(45)80-59)12-8-15-48(35)78-29-9-10-36-21-23-66(32-36)34-52(72)68-27-25-67(26-28-68)47-31-42-41(30-44(47)61)56(75)70(57(42)76)46-18-20-51(71)64-55(46)74/h5-8,11-17,19,30-31,36,46H,9-10,18,20-29,32-34H2,1-4H3,(H,62,65,73)(H,64,71,74)/t36-,46?/m1/s1. The normalized spacial score (nSPS) is 18.6. The topological polar surface area (TPSA) is 204 Å². The molecular weight excluding hydrogens is 1040 g/mol. The summed E-state index contributed by atoms with van der Waals surface area (Å²) in [6.07, 6.45) is 3.34. The highest BCUT2D eigenvalue weighted by Gasteiger charge is 2.45. The van der Waals surface area contributed by atoms with Crippen LogP contribution in [-0.4, -0.2) is 137 Å². The molecule has 0 spiro atoms. The minimum absolute atomic E-state index is 0.00279. The Kier molecular flexibility index (Phi) is 15.0. The van der Waals surface area contributed by atoms with E-state index >= 15 is 4.39 Å². The molecular formula is C60H62FN9O9S. The van der Waals surface area contributed by atoms with E-state index in [4.69, 9.17) is 14.5 Å². The van der Waals surface area contributed by atoms with Crippen molar-refractivity contribution < 1.29 is 47.4 Å². The molecule has 6 amide bonds. The number of aromatic nitrogens is 2. The first kappa shape index (κ1) is 53.9. The second-order valence-corrected chi connectivity index (χ2v) is 23.1. The van der Waals surface area contributed by atoms with Crippen molar-refractivity contribution in [3.8, 4) is 16.9 Å². The second kappa shape index (κ2) is 22.2. The van der Waals surface area contributed by atoms with E-state index in [-0.39, 0.29) is 53.7 Å². The molecule has 5 aliphatic heterocycles. The summed E-state index contributed by atoms with van der Waals surface area (Å²) in [6, 6.07) is 24.4. The van der Waals surface area contributed by atoms with Crippen molar-refractivity contribution in [2.45, 2.75) is 84.4 Å². The Morgan fingerprint density at radius 2 is 1.59 bits per heavy atom. The summed E-state index contributed by atoms with van der Waals surface area (Å²) in [5.41, 5.74) is 5.08. The number of likely N-dealkylation sites (tertiary alicyclic amines) is 1. The monoisotopic (exact) mass is 1100 g/mol. The van der Waals surface area contributed by atoms with Crippen molar-refractivity contribution in [3.05, 3.63) is 130 Å². The Morgan fingerprint density at radius 1 is 0.812 bits per heavy atom. The van der Waals surface area contributed by atoms with Crippen LogP contribution in [0, 0.1) is 18.7 Å². The van der Waals surface area contributed by atoms with Crippen LogP contribution in [0.25, 0.3) is 21.3 Å². The van der Waals surface area contributed by atoms with Gasteiger partial charge in [0.05, 0.1) is 40.2 Å². The Bertz CT molecular complexity index is 3470. The number of anilines is 3. The molecule has 2 aromatic heterocycles. The van der Waals surface area contributed by atoms with Gasteiger partial charge in [-0.15, -0.1) is 0 Å². The lowest BCUT2D eigenvalue weighted by atomic mass is 9.94. The smallest absolute Gasteiger partial charge is 0.358 e. The van der Waals surface area contributed by atoms with Crippen LogP contribution >= 0.6 is 11.3 Å². The number of thiazole rings is 1. The molecule has 1 unspecified atom stereocenters. The van der Waals surface area contributed by atoms with Crippen LogP contribution in [0.2, 0.25) is 0 Å². The van der Waals surface area contributed by atoms with Gasteiger partial charge in [-0.1, -0.05) is 47.7 Å². The van der Waals surface area contributed by atoms with Gasteiger partial charge < -0.3 is 24.2 Å². The zero-order valence-electron chi connectivity index (χ0n) is 45.1. The number of esters is 1. The zero-order valence-corrected chi connectivity index (χ0v) is 46.0. The summed E-state index contributed by atoms with van der Waals surface area (Å²) < 4.78 is 28.9. The quantitative estimate of drug-likeness (QED) is 0.0607. The fourth-order valence-corrected chi connectivity index (χ4v) is 12.4. The number of nitrogens with one attached hydrogen (secondary N) is 2. The molecule has 0 radical (unpaired) electrons. The van der Waals surface area contributed by atoms with E-state index in [0.717, 1.165) is 75.8 Å². The van der Waals surface area contributed by atoms with Gasteiger partial charge in [0.25, 0.3) is 17.7 Å². The summed E-state index contributed by atoms with van der Waals surface area (Å²) in [4.78, 5) is 110. The molecule has 80 heavy (non-hydrogen) atoms. The van der Waals surface area contributed by atoms with Gasteiger partial charge in [0.15, 0.2) is 10.8 Å². The largest absolute Gasteiger partial charge is 0.493 e. The highest BCUT2D eigenvalue weighted by Crippen LogP contribution is 2.37. The molecule has 6 aromatic rings. The van der Waals surface area contributed by atoms with Crippen LogP contribution in [0.15, 0.2) is 84.9 Å². The predicted octanol–water partition coefficient (Wildman–Crippen LogP) is 7.81. The van der Waals surface area contributed by atoms with Crippen molar-refractivity contribution in [3.63, 3.8) is 0 Å². The fourth-order valence-electron chi connectivity index (χ4n) is 11.5. The summed E-state index contributed by atoms with van der Waals surface area (Å²) in [6.45, 7) is 12.2. The van der Waals surface area contributed by atoms with Crippen LogP contribution in [0.5, 0.6) is 5.75 Å². The molecule has 3 fully saturated rings. The number of rotatable bonds is 14. The molecule has 7 heterocycles. The van der Waals surface area contributed by atoms with E-state index in [2.05, 4.69) is 31.5 Å². The molecule has 5 aliphatic rings. The number of benzene rings is 4. The van der Waals surface area contributed by atoms with Crippen LogP contribution in [0.3, 0.4) is 0 Å². The number of ether oxygens (including phenoxy) is 2. The van der Waals surface area contributed by atoms with E-state index in [0.29, 0.717) is 86.0 Å². The second-order valence-electron chi connectivity index (χ2n) is 22.1. The SMILES string of the molecule is Cc1c(OCCC[C@@H]2CCN(CC(=O)N3CCN(c4cc5c(cc4F)C(=O)N(C4CCC(=O)NC4=O)C5=O)CC3)C2)cccc1-c1ccc(N2CCc3cccc(C(=O)Nc4nc5ccccc5s4)c3C2)nc1C(=O)OC(C)(C)C. The number of fused-ring (bicyclic) bond motifs is 3. The summed E-state index contributed by atoms with van der Waals surface area (Å²) in [5, 5.41) is 5.72. The minimum atomic E-state index is -1.15. The van der Waals surface area contributed by atoms with Gasteiger partial charge in [0.1, 0.15) is 29.0 Å². The number of halogens is 1. The molecule has 11 rings (SSSR count). The number of hydrogen-bond donors (Lipinski definition) is 2. The molecule has 0 aliphatic carbocycles. The van der Waals surface area contributed by atoms with Gasteiger partial charge in [0, 0.05) is 63.4 Å². The maximum atomic E-state index is 15.6. The molecule has 20 heteroatoms. The van der Waals surface area contributed by atoms with Crippen molar-refractivity contribution in [2.75, 3.05) is 74.1 Å². The van der Waals surface area contributed by atoms with Crippen LogP contribution in [-0.2, 0) is 32.1 Å². The summed E-state index contributed by atoms with van der Waals surface area (Å²) in [5.74, 6) is -2.47. The average Bonchev–Trinajstić information content (AvgIpc) is 4.15. The van der Waals surface area contributed by atoms with Crippen LogP contribution in [0.4, 0.5) is 21.0 Å². The highest BCUT2D eigenvalue weighted by atomic mass is 32.1. The van der Waals surface area contributed by atoms with E-state index < -0.39 is 47.1 Å². The third kappa shape index (κ3) is 11.1. The number of carbonyl (C=O) groups excluding carboxylic acids is 7. The first-order valence-corrected chi connectivity index (χ1v) is 28.1. The summed E-state index contributed by atoms with van der Waals surface area (Å²) in [7, 11) is 0. The highest BCUT2D eigenvalue weighted by molar-refractivity contribution is 7.22. The van der Waals surface area contributed by atoms with Gasteiger partial charge in [-0.05, 0) is 143 Å². The van der Waals surface area contributed by atoms with Gasteiger partial charge in [-0.25, -0.2) is 19.2 Å². The molecule has 2 N–H and O–H groups in total. The van der Waals surface area contributed by atoms with Crippen LogP contribution in [0.1, 0.15) is 111 Å². The van der Waals surface area contributed by atoms with Crippen molar-refractivity contribution in [1.82, 2.24) is 30.0 Å². The Hall–Kier alpha value is -8.10. The van der Waals surface area contributed by atoms with E-state index in [1.807, 2.05) is 94.4 Å². The van der Waals surface area contributed by atoms with E-state index in [1.165, 1.54) is 17.4 Å². The number of imide groups is 2. The lowest BCUT2D eigenvalue weighted by Gasteiger charge is -2.37. The Balaban J connectivity index is 0.678. The summed E-state index contributed by atoms with van der Waals surface area (Å²) >= 11 is 1.43. The Labute approximate surface area is 466 Å². The molecule has 4 aromatic carbocycles. The van der Waals surface area contributed by atoms with Gasteiger partial charge in [-0.2, -0.15) is 0 Å².